The minimum atomic E-state index is -0.393. The van der Waals surface area contributed by atoms with Crippen LogP contribution in [0.4, 0.5) is 0 Å². The molecule has 20 heavy (non-hydrogen) atoms. The van der Waals surface area contributed by atoms with Gasteiger partial charge in [0.1, 0.15) is 0 Å². The van der Waals surface area contributed by atoms with Gasteiger partial charge in [0.25, 0.3) is 0 Å². The molecule has 1 N–H and O–H groups in total. The molecule has 0 radical (unpaired) electrons. The number of hydrogen-bond acceptors (Lipinski definition) is 3. The van der Waals surface area contributed by atoms with Crippen LogP contribution in [0.15, 0.2) is 22.7 Å². The zero-order valence-electron chi connectivity index (χ0n) is 11.8. The molecule has 2 aliphatic heterocycles. The molecule has 3 unspecified atom stereocenters. The third-order valence-electron chi connectivity index (χ3n) is 4.51. The van der Waals surface area contributed by atoms with Crippen LogP contribution in [0, 0.1) is 12.8 Å². The fraction of sp³-hybridized carbons (Fsp3) is 0.625. The Morgan fingerprint density at radius 3 is 3.10 bits per heavy atom. The Hall–Kier alpha value is -0.0300. The molecule has 2 fully saturated rings. The van der Waals surface area contributed by atoms with E-state index in [0.717, 1.165) is 41.7 Å². The molecule has 2 aliphatic rings. The Morgan fingerprint density at radius 1 is 1.50 bits per heavy atom. The van der Waals surface area contributed by atoms with Gasteiger partial charge < -0.3 is 9.84 Å². The van der Waals surface area contributed by atoms with Crippen LogP contribution in [0.25, 0.3) is 0 Å². The van der Waals surface area contributed by atoms with Crippen LogP contribution in [0.2, 0.25) is 0 Å². The molecule has 1 aromatic rings. The fourth-order valence-electron chi connectivity index (χ4n) is 3.34. The molecule has 0 bridgehead atoms. The van der Waals surface area contributed by atoms with Gasteiger partial charge in [0.2, 0.25) is 0 Å². The normalized spacial score (nSPS) is 31.6. The van der Waals surface area contributed by atoms with Crippen LogP contribution in [0.1, 0.15) is 36.5 Å². The minimum absolute atomic E-state index is 0.0326. The van der Waals surface area contributed by atoms with Crippen molar-refractivity contribution in [3.8, 4) is 0 Å². The highest BCUT2D eigenvalue weighted by atomic mass is 79.9. The summed E-state index contributed by atoms with van der Waals surface area (Å²) >= 11 is 5.56. The predicted octanol–water partition coefficient (Wildman–Crippen LogP) is 4.09. The quantitative estimate of drug-likeness (QED) is 0.864. The van der Waals surface area contributed by atoms with E-state index in [2.05, 4.69) is 35.0 Å². The number of thioether (sulfide) groups is 1. The number of hydrogen-bond donors (Lipinski definition) is 1. The average Bonchev–Trinajstić information content (AvgIpc) is 2.88. The van der Waals surface area contributed by atoms with Crippen LogP contribution in [-0.4, -0.2) is 28.8 Å². The molecular weight excluding hydrogens is 336 g/mol. The lowest BCUT2D eigenvalue weighted by molar-refractivity contribution is -0.102. The van der Waals surface area contributed by atoms with E-state index in [9.17, 15) is 5.11 Å². The van der Waals surface area contributed by atoms with Crippen LogP contribution < -0.4 is 0 Å². The zero-order chi connectivity index (χ0) is 14.2. The van der Waals surface area contributed by atoms with Gasteiger partial charge in [0.15, 0.2) is 0 Å². The lowest BCUT2D eigenvalue weighted by Gasteiger charge is -2.39. The first-order valence-electron chi connectivity index (χ1n) is 7.25. The maximum Gasteiger partial charge on any atom is 0.0831 e. The summed E-state index contributed by atoms with van der Waals surface area (Å²) < 4.78 is 7.06. The molecule has 110 valence electrons. The SMILES string of the molecule is Cc1ccc(Br)c(C(O)C2CCOC3(CCSC3)C2)c1. The van der Waals surface area contributed by atoms with Gasteiger partial charge in [-0.2, -0.15) is 11.8 Å². The number of rotatable bonds is 2. The van der Waals surface area contributed by atoms with E-state index in [1.807, 2.05) is 17.8 Å². The topological polar surface area (TPSA) is 29.5 Å². The van der Waals surface area contributed by atoms with E-state index in [1.54, 1.807) is 0 Å². The highest BCUT2D eigenvalue weighted by molar-refractivity contribution is 9.10. The summed E-state index contributed by atoms with van der Waals surface area (Å²) in [5.74, 6) is 2.59. The van der Waals surface area contributed by atoms with Crippen molar-refractivity contribution in [1.29, 1.82) is 0 Å². The number of aliphatic hydroxyl groups excluding tert-OH is 1. The maximum absolute atomic E-state index is 10.8. The van der Waals surface area contributed by atoms with Gasteiger partial charge >= 0.3 is 0 Å². The van der Waals surface area contributed by atoms with Crippen LogP contribution in [-0.2, 0) is 4.74 Å². The van der Waals surface area contributed by atoms with Gasteiger partial charge in [-0.15, -0.1) is 0 Å². The molecule has 4 heteroatoms. The van der Waals surface area contributed by atoms with E-state index < -0.39 is 6.10 Å². The minimum Gasteiger partial charge on any atom is -0.388 e. The molecule has 2 nitrogen and oxygen atoms in total. The summed E-state index contributed by atoms with van der Waals surface area (Å²) in [6.07, 6.45) is 2.68. The van der Waals surface area contributed by atoms with Crippen molar-refractivity contribution in [2.24, 2.45) is 5.92 Å². The number of ether oxygens (including phenoxy) is 1. The molecule has 1 spiro atoms. The lowest BCUT2D eigenvalue weighted by atomic mass is 9.80. The summed E-state index contributed by atoms with van der Waals surface area (Å²) in [7, 11) is 0. The summed E-state index contributed by atoms with van der Waals surface area (Å²) in [4.78, 5) is 0. The van der Waals surface area contributed by atoms with Crippen molar-refractivity contribution in [2.75, 3.05) is 18.1 Å². The van der Waals surface area contributed by atoms with Gasteiger partial charge in [-0.1, -0.05) is 33.6 Å². The second-order valence-corrected chi connectivity index (χ2v) is 8.02. The molecule has 1 aromatic carbocycles. The highest BCUT2D eigenvalue weighted by Crippen LogP contribution is 2.44. The van der Waals surface area contributed by atoms with Crippen molar-refractivity contribution in [3.63, 3.8) is 0 Å². The fourth-order valence-corrected chi connectivity index (χ4v) is 5.20. The van der Waals surface area contributed by atoms with Crippen molar-refractivity contribution < 1.29 is 9.84 Å². The predicted molar refractivity (Wildman–Crippen MR) is 87.2 cm³/mol. The average molecular weight is 357 g/mol. The van der Waals surface area contributed by atoms with Gasteiger partial charge in [0, 0.05) is 16.8 Å². The Labute approximate surface area is 133 Å². The first-order chi connectivity index (χ1) is 9.60. The number of benzene rings is 1. The Morgan fingerprint density at radius 2 is 2.35 bits per heavy atom. The molecular formula is C16H21BrO2S. The number of aryl methyl sites for hydroxylation is 1. The van der Waals surface area contributed by atoms with Crippen LogP contribution >= 0.6 is 27.7 Å². The summed E-state index contributed by atoms with van der Waals surface area (Å²) in [5.41, 5.74) is 2.25. The van der Waals surface area contributed by atoms with Gasteiger partial charge in [-0.3, -0.25) is 0 Å². The standard InChI is InChI=1S/C16H21BrO2S/c1-11-2-3-14(17)13(8-11)15(18)12-4-6-19-16(9-12)5-7-20-10-16/h2-3,8,12,15,18H,4-7,9-10H2,1H3. The van der Waals surface area contributed by atoms with Crippen molar-refractivity contribution in [3.05, 3.63) is 33.8 Å². The van der Waals surface area contributed by atoms with Crippen molar-refractivity contribution in [2.45, 2.75) is 37.9 Å². The first kappa shape index (κ1) is 14.9. The summed E-state index contributed by atoms with van der Waals surface area (Å²) in [6.45, 7) is 2.85. The van der Waals surface area contributed by atoms with Crippen molar-refractivity contribution >= 4 is 27.7 Å². The molecule has 0 aliphatic carbocycles. The van der Waals surface area contributed by atoms with Gasteiger partial charge in [0.05, 0.1) is 11.7 Å². The summed E-state index contributed by atoms with van der Waals surface area (Å²) in [6, 6.07) is 6.20. The molecule has 2 saturated heterocycles. The van der Waals surface area contributed by atoms with E-state index in [0.29, 0.717) is 5.92 Å². The first-order valence-corrected chi connectivity index (χ1v) is 9.20. The smallest absolute Gasteiger partial charge is 0.0831 e. The van der Waals surface area contributed by atoms with E-state index in [4.69, 9.17) is 4.74 Å². The van der Waals surface area contributed by atoms with E-state index in [1.165, 1.54) is 11.3 Å². The third-order valence-corrected chi connectivity index (χ3v) is 6.46. The van der Waals surface area contributed by atoms with E-state index >= 15 is 0 Å². The largest absolute Gasteiger partial charge is 0.388 e. The van der Waals surface area contributed by atoms with Gasteiger partial charge in [-0.05, 0) is 49.5 Å². The van der Waals surface area contributed by atoms with Crippen molar-refractivity contribution in [1.82, 2.24) is 0 Å². The Bertz CT molecular complexity index is 485. The second-order valence-electron chi connectivity index (χ2n) is 6.06. The highest BCUT2D eigenvalue weighted by Gasteiger charge is 2.42. The molecule has 3 atom stereocenters. The number of aliphatic hydroxyl groups is 1. The molecule has 2 heterocycles. The molecule has 0 saturated carbocycles. The Balaban J connectivity index is 1.79. The monoisotopic (exact) mass is 356 g/mol. The maximum atomic E-state index is 10.8. The summed E-state index contributed by atoms with van der Waals surface area (Å²) in [5, 5.41) is 10.8. The third kappa shape index (κ3) is 2.94. The second kappa shape index (κ2) is 5.99. The zero-order valence-corrected chi connectivity index (χ0v) is 14.2. The van der Waals surface area contributed by atoms with E-state index in [-0.39, 0.29) is 5.60 Å². The van der Waals surface area contributed by atoms with Crippen LogP contribution in [0.5, 0.6) is 0 Å². The molecule has 0 amide bonds. The van der Waals surface area contributed by atoms with Crippen LogP contribution in [0.3, 0.4) is 0 Å². The van der Waals surface area contributed by atoms with Gasteiger partial charge in [-0.25, -0.2) is 0 Å². The lowest BCUT2D eigenvalue weighted by Crippen LogP contribution is -2.41. The number of halogens is 1. The molecule has 0 aromatic heterocycles. The molecule has 3 rings (SSSR count). The Kier molecular flexibility index (Phi) is 4.46.